The maximum absolute atomic E-state index is 12.2. The van der Waals surface area contributed by atoms with E-state index in [2.05, 4.69) is 4.99 Å². The Kier molecular flexibility index (Phi) is 3.47. The summed E-state index contributed by atoms with van der Waals surface area (Å²) in [7, 11) is 1.36. The fraction of sp³-hybridized carbons (Fsp3) is 0.353. The molecule has 0 saturated heterocycles. The van der Waals surface area contributed by atoms with E-state index in [0.717, 1.165) is 28.1 Å². The second-order valence-electron chi connectivity index (χ2n) is 5.71. The number of carbonyl (C=O) groups is 2. The predicted molar refractivity (Wildman–Crippen MR) is 87.7 cm³/mol. The van der Waals surface area contributed by atoms with Gasteiger partial charge in [-0.15, -0.1) is 0 Å². The first-order chi connectivity index (χ1) is 10.9. The number of aliphatic imine (C=N–C) groups is 1. The lowest BCUT2D eigenvalue weighted by Gasteiger charge is -2.25. The molecule has 0 radical (unpaired) electrons. The summed E-state index contributed by atoms with van der Waals surface area (Å²) < 4.78 is 4.92. The minimum absolute atomic E-state index is 0.0587. The maximum atomic E-state index is 12.2. The van der Waals surface area contributed by atoms with E-state index in [1.54, 1.807) is 11.8 Å². The number of carboxylic acids is 1. The lowest BCUT2D eigenvalue weighted by Crippen LogP contribution is -2.38. The van der Waals surface area contributed by atoms with Crippen LogP contribution < -0.4 is 15.3 Å². The average Bonchev–Trinajstić information content (AvgIpc) is 3.05. The van der Waals surface area contributed by atoms with Crippen molar-refractivity contribution in [2.75, 3.05) is 12.0 Å². The van der Waals surface area contributed by atoms with Crippen molar-refractivity contribution in [2.45, 2.75) is 33.2 Å². The Labute approximate surface area is 133 Å². The van der Waals surface area contributed by atoms with E-state index in [-0.39, 0.29) is 11.8 Å². The van der Waals surface area contributed by atoms with Crippen molar-refractivity contribution in [3.63, 3.8) is 0 Å². The molecule has 6 heteroatoms. The van der Waals surface area contributed by atoms with E-state index in [0.29, 0.717) is 11.3 Å². The molecule has 1 atom stereocenters. The number of methoxy groups -OCH3 is 1. The van der Waals surface area contributed by atoms with Crippen molar-refractivity contribution in [1.82, 2.24) is 0 Å². The molecule has 2 aliphatic rings. The van der Waals surface area contributed by atoms with Gasteiger partial charge < -0.3 is 9.84 Å². The quantitative estimate of drug-likeness (QED) is 0.897. The van der Waals surface area contributed by atoms with E-state index >= 15 is 0 Å². The molecule has 1 amide bonds. The van der Waals surface area contributed by atoms with Gasteiger partial charge in [-0.2, -0.15) is 0 Å². The number of hydrogen-bond donors (Lipinski definition) is 1. The summed E-state index contributed by atoms with van der Waals surface area (Å²) in [4.78, 5) is 29.4. The minimum atomic E-state index is -1.04. The number of rotatable bonds is 2. The second kappa shape index (κ2) is 5.22. The highest BCUT2D eigenvalue weighted by Gasteiger charge is 2.32. The molecule has 120 valence electrons. The van der Waals surface area contributed by atoms with E-state index < -0.39 is 12.1 Å². The van der Waals surface area contributed by atoms with Crippen molar-refractivity contribution in [2.24, 2.45) is 4.99 Å². The largest absolute Gasteiger partial charge is 0.477 e. The fourth-order valence-electron chi connectivity index (χ4n) is 3.43. The predicted octanol–water partition coefficient (Wildman–Crippen LogP) is 1.48. The number of amides is 1. The molecule has 23 heavy (non-hydrogen) atoms. The first-order valence-electron chi connectivity index (χ1n) is 7.46. The van der Waals surface area contributed by atoms with E-state index in [1.807, 2.05) is 26.0 Å². The second-order valence-corrected chi connectivity index (χ2v) is 5.71. The number of hydrogen-bond acceptors (Lipinski definition) is 4. The summed E-state index contributed by atoms with van der Waals surface area (Å²) in [5.41, 5.74) is 2.96. The normalized spacial score (nSPS) is 18.3. The highest BCUT2D eigenvalue weighted by Crippen LogP contribution is 2.28. The van der Waals surface area contributed by atoms with E-state index in [4.69, 9.17) is 4.74 Å². The summed E-state index contributed by atoms with van der Waals surface area (Å²) in [5.74, 6) is -1.04. The number of anilines is 1. The summed E-state index contributed by atoms with van der Waals surface area (Å²) in [6.45, 7) is 5.64. The summed E-state index contributed by atoms with van der Waals surface area (Å²) in [6.07, 6.45) is 2.36. The van der Waals surface area contributed by atoms with Gasteiger partial charge >= 0.3 is 12.1 Å². The van der Waals surface area contributed by atoms with Crippen molar-refractivity contribution >= 4 is 40.8 Å². The van der Waals surface area contributed by atoms with E-state index in [9.17, 15) is 14.7 Å². The van der Waals surface area contributed by atoms with Gasteiger partial charge in [0, 0.05) is 5.22 Å². The lowest BCUT2D eigenvalue weighted by molar-refractivity contribution is -0.129. The van der Waals surface area contributed by atoms with Crippen LogP contribution in [-0.4, -0.2) is 36.0 Å². The number of carboxylic acid groups (broad SMARTS) is 1. The molecule has 2 aliphatic heterocycles. The van der Waals surface area contributed by atoms with Crippen LogP contribution >= 0.6 is 0 Å². The number of fused-ring (bicyclic) bond motifs is 2. The van der Waals surface area contributed by atoms with Gasteiger partial charge in [-0.3, -0.25) is 4.90 Å². The van der Waals surface area contributed by atoms with Crippen LogP contribution in [0.3, 0.4) is 0 Å². The van der Waals surface area contributed by atoms with Crippen LogP contribution in [0.1, 0.15) is 25.8 Å². The number of nitrogens with zero attached hydrogens (tertiary/aromatic N) is 2. The van der Waals surface area contributed by atoms with Crippen molar-refractivity contribution in [1.29, 1.82) is 0 Å². The van der Waals surface area contributed by atoms with Gasteiger partial charge in [0.25, 0.3) is 0 Å². The summed E-state index contributed by atoms with van der Waals surface area (Å²) in [6, 6.07) is 1.78. The van der Waals surface area contributed by atoms with Crippen LogP contribution in [0.2, 0.25) is 0 Å². The summed E-state index contributed by atoms with van der Waals surface area (Å²) in [5, 5.41) is 11.0. The number of ether oxygens (including phenoxy) is 1. The molecule has 6 nitrogen and oxygen atoms in total. The molecule has 0 aromatic heterocycles. The summed E-state index contributed by atoms with van der Waals surface area (Å²) >= 11 is 0. The molecular formula is C17H18N2O4. The van der Waals surface area contributed by atoms with Crippen LogP contribution in [0.15, 0.2) is 11.1 Å². The van der Waals surface area contributed by atoms with Crippen LogP contribution in [0.5, 0.6) is 0 Å². The number of aliphatic carboxylic acids is 1. The van der Waals surface area contributed by atoms with Gasteiger partial charge in [-0.1, -0.05) is 13.0 Å². The van der Waals surface area contributed by atoms with Crippen LogP contribution in [0.4, 0.5) is 16.2 Å². The molecular weight excluding hydrogens is 296 g/mol. The molecule has 0 spiro atoms. The van der Waals surface area contributed by atoms with Gasteiger partial charge in [-0.05, 0) is 42.7 Å². The highest BCUT2D eigenvalue weighted by molar-refractivity contribution is 6.52. The Balaban J connectivity index is 2.30. The minimum Gasteiger partial charge on any atom is -0.477 e. The van der Waals surface area contributed by atoms with Crippen molar-refractivity contribution in [3.05, 3.63) is 22.1 Å². The maximum Gasteiger partial charge on any atom is 0.414 e. The molecule has 1 aromatic carbocycles. The number of carbonyl (C=O) groups excluding carboxylic acids is 1. The standard InChI is InChI=1S/C17H18N2O4/c1-5-11-6-10-7-12-13(8(2)14(18-12)16(20)21)9(3)15(10)19(11)17(22)23-4/h6-7,11H,5H2,1-4H3,(H,20,21). The Morgan fingerprint density at radius 2 is 2.09 bits per heavy atom. The monoisotopic (exact) mass is 314 g/mol. The molecule has 1 N–H and O–H groups in total. The van der Waals surface area contributed by atoms with Gasteiger partial charge in [0.2, 0.25) is 0 Å². The Morgan fingerprint density at radius 1 is 1.39 bits per heavy atom. The third-order valence-corrected chi connectivity index (χ3v) is 4.45. The fourth-order valence-corrected chi connectivity index (χ4v) is 3.43. The van der Waals surface area contributed by atoms with Gasteiger partial charge in [0.1, 0.15) is 0 Å². The molecule has 0 aliphatic carbocycles. The molecule has 0 fully saturated rings. The molecule has 2 heterocycles. The first-order valence-corrected chi connectivity index (χ1v) is 7.46. The first kappa shape index (κ1) is 15.3. The number of benzene rings is 1. The molecule has 0 bridgehead atoms. The lowest BCUT2D eigenvalue weighted by atomic mass is 10.0. The highest BCUT2D eigenvalue weighted by atomic mass is 16.5. The van der Waals surface area contributed by atoms with Gasteiger partial charge in [0.05, 0.1) is 24.5 Å². The topological polar surface area (TPSA) is 79.2 Å². The average molecular weight is 314 g/mol. The van der Waals surface area contributed by atoms with Crippen LogP contribution in [0.25, 0.3) is 11.6 Å². The Morgan fingerprint density at radius 3 is 2.65 bits per heavy atom. The van der Waals surface area contributed by atoms with Crippen LogP contribution in [0, 0.1) is 6.92 Å². The zero-order valence-electron chi connectivity index (χ0n) is 13.5. The van der Waals surface area contributed by atoms with Gasteiger partial charge in [0.15, 0.2) is 5.71 Å². The van der Waals surface area contributed by atoms with Crippen molar-refractivity contribution < 1.29 is 19.4 Å². The molecule has 0 saturated carbocycles. The Bertz CT molecular complexity index is 883. The third kappa shape index (κ3) is 2.05. The van der Waals surface area contributed by atoms with E-state index in [1.165, 1.54) is 7.11 Å². The van der Waals surface area contributed by atoms with Gasteiger partial charge in [-0.25, -0.2) is 14.6 Å². The molecule has 1 aromatic rings. The Hall–Kier alpha value is -2.63. The zero-order chi connectivity index (χ0) is 16.9. The van der Waals surface area contributed by atoms with Crippen LogP contribution in [-0.2, 0) is 9.53 Å². The molecule has 1 unspecified atom stereocenters. The smallest absolute Gasteiger partial charge is 0.414 e. The zero-order valence-corrected chi connectivity index (χ0v) is 13.5. The SMILES string of the molecule is CCC1C=c2cc3c(c(C)c2N1C(=O)OC)=C(C)C(C(=O)O)=N3. The molecule has 3 rings (SSSR count). The third-order valence-electron chi connectivity index (χ3n) is 4.45. The van der Waals surface area contributed by atoms with Crippen molar-refractivity contribution in [3.8, 4) is 0 Å².